The van der Waals surface area contributed by atoms with E-state index in [-0.39, 0.29) is 24.9 Å². The Kier molecular flexibility index (Phi) is 8.36. The number of hydrogen-bond acceptors (Lipinski definition) is 3. The summed E-state index contributed by atoms with van der Waals surface area (Å²) < 4.78 is 5.15. The number of aryl methyl sites for hydroxylation is 3. The van der Waals surface area contributed by atoms with Gasteiger partial charge in [-0.2, -0.15) is 0 Å². The lowest BCUT2D eigenvalue weighted by atomic mass is 10.1. The molecule has 2 rings (SSSR count). The van der Waals surface area contributed by atoms with E-state index < -0.39 is 0 Å². The number of hydrogen-bond donors (Lipinski definition) is 3. The van der Waals surface area contributed by atoms with E-state index in [1.165, 1.54) is 5.56 Å². The maximum Gasteiger partial charge on any atom is 0.279 e. The number of anilines is 2. The number of benzene rings is 2. The van der Waals surface area contributed by atoms with Gasteiger partial charge in [-0.1, -0.05) is 18.2 Å². The average molecular weight is 399 g/mol. The van der Waals surface area contributed by atoms with Crippen molar-refractivity contribution in [3.63, 3.8) is 0 Å². The molecule has 6 heteroatoms. The molecule has 1 atom stereocenters. The fourth-order valence-corrected chi connectivity index (χ4v) is 3.05. The minimum atomic E-state index is -0.126. The summed E-state index contributed by atoms with van der Waals surface area (Å²) in [5.74, 6) is -0.248. The minimum Gasteiger partial charge on any atom is -0.379 e. The van der Waals surface area contributed by atoms with Crippen molar-refractivity contribution >= 4 is 23.2 Å². The Morgan fingerprint density at radius 1 is 0.897 bits per heavy atom. The first-order valence-corrected chi connectivity index (χ1v) is 9.85. The van der Waals surface area contributed by atoms with E-state index in [1.807, 2.05) is 64.1 Å². The zero-order valence-electron chi connectivity index (χ0n) is 18.0. The van der Waals surface area contributed by atoms with Gasteiger partial charge in [-0.15, -0.1) is 0 Å². The molecule has 0 radical (unpaired) electrons. The van der Waals surface area contributed by atoms with E-state index >= 15 is 0 Å². The SMILES string of the molecule is COCC[NH+](CC(=O)Nc1ccc(C)c(C)c1)CC(=O)Nc1cccc(C)c1C. The lowest BCUT2D eigenvalue weighted by molar-refractivity contribution is -0.883. The van der Waals surface area contributed by atoms with Crippen LogP contribution in [0.4, 0.5) is 11.4 Å². The lowest BCUT2D eigenvalue weighted by Crippen LogP contribution is -3.14. The Balaban J connectivity index is 1.98. The first-order chi connectivity index (χ1) is 13.8. The van der Waals surface area contributed by atoms with Crippen LogP contribution in [0, 0.1) is 27.7 Å². The fraction of sp³-hybridized carbons (Fsp3) is 0.391. The van der Waals surface area contributed by atoms with Gasteiger partial charge in [-0.05, 0) is 68.1 Å². The monoisotopic (exact) mass is 398 g/mol. The number of nitrogens with one attached hydrogen (secondary N) is 3. The first-order valence-electron chi connectivity index (χ1n) is 9.85. The highest BCUT2D eigenvalue weighted by molar-refractivity contribution is 5.93. The van der Waals surface area contributed by atoms with Crippen LogP contribution in [0.25, 0.3) is 0 Å². The van der Waals surface area contributed by atoms with E-state index in [0.29, 0.717) is 13.2 Å². The van der Waals surface area contributed by atoms with E-state index in [1.54, 1.807) is 7.11 Å². The third-order valence-electron chi connectivity index (χ3n) is 5.15. The van der Waals surface area contributed by atoms with Gasteiger partial charge in [0.25, 0.3) is 11.8 Å². The van der Waals surface area contributed by atoms with Crippen molar-refractivity contribution in [3.05, 3.63) is 58.7 Å². The molecule has 0 aromatic heterocycles. The molecule has 2 aromatic carbocycles. The highest BCUT2D eigenvalue weighted by atomic mass is 16.5. The van der Waals surface area contributed by atoms with Crippen LogP contribution in [-0.2, 0) is 14.3 Å². The number of carbonyl (C=O) groups is 2. The van der Waals surface area contributed by atoms with Gasteiger partial charge < -0.3 is 20.3 Å². The predicted molar refractivity (Wildman–Crippen MR) is 117 cm³/mol. The third kappa shape index (κ3) is 7.00. The minimum absolute atomic E-state index is 0.121. The predicted octanol–water partition coefficient (Wildman–Crippen LogP) is 2.03. The van der Waals surface area contributed by atoms with Crippen molar-refractivity contribution in [2.24, 2.45) is 0 Å². The largest absolute Gasteiger partial charge is 0.379 e. The van der Waals surface area contributed by atoms with E-state index in [2.05, 4.69) is 10.6 Å². The van der Waals surface area contributed by atoms with Crippen molar-refractivity contribution in [2.45, 2.75) is 27.7 Å². The summed E-state index contributed by atoms with van der Waals surface area (Å²) in [6, 6.07) is 11.7. The van der Waals surface area contributed by atoms with Crippen LogP contribution < -0.4 is 15.5 Å². The van der Waals surface area contributed by atoms with Gasteiger partial charge in [-0.3, -0.25) is 9.59 Å². The molecular formula is C23H32N3O3+. The first kappa shape index (κ1) is 22.6. The Labute approximate surface area is 173 Å². The Morgan fingerprint density at radius 3 is 2.24 bits per heavy atom. The molecule has 3 N–H and O–H groups in total. The number of amides is 2. The summed E-state index contributed by atoms with van der Waals surface area (Å²) in [5.41, 5.74) is 6.05. The lowest BCUT2D eigenvalue weighted by Gasteiger charge is -2.19. The highest BCUT2D eigenvalue weighted by Gasteiger charge is 2.19. The summed E-state index contributed by atoms with van der Waals surface area (Å²) >= 11 is 0. The molecule has 0 fully saturated rings. The Morgan fingerprint density at radius 2 is 1.59 bits per heavy atom. The van der Waals surface area contributed by atoms with E-state index in [4.69, 9.17) is 4.74 Å². The van der Waals surface area contributed by atoms with Crippen molar-refractivity contribution in [2.75, 3.05) is 44.0 Å². The topological polar surface area (TPSA) is 71.9 Å². The van der Waals surface area contributed by atoms with Crippen LogP contribution >= 0.6 is 0 Å². The molecule has 29 heavy (non-hydrogen) atoms. The van der Waals surface area contributed by atoms with Gasteiger partial charge in [-0.25, -0.2) is 0 Å². The quantitative estimate of drug-likeness (QED) is 0.605. The molecule has 0 aliphatic heterocycles. The summed E-state index contributed by atoms with van der Waals surface area (Å²) in [7, 11) is 1.61. The van der Waals surface area contributed by atoms with Gasteiger partial charge in [0.2, 0.25) is 0 Å². The van der Waals surface area contributed by atoms with Gasteiger partial charge >= 0.3 is 0 Å². The van der Waals surface area contributed by atoms with Crippen LogP contribution in [-0.4, -0.2) is 45.2 Å². The molecule has 0 aliphatic carbocycles. The normalized spacial score (nSPS) is 11.8. The van der Waals surface area contributed by atoms with E-state index in [0.717, 1.165) is 33.0 Å². The molecule has 0 saturated heterocycles. The molecule has 0 bridgehead atoms. The van der Waals surface area contributed by atoms with Crippen LogP contribution in [0.5, 0.6) is 0 Å². The van der Waals surface area contributed by atoms with Crippen molar-refractivity contribution < 1.29 is 19.2 Å². The van der Waals surface area contributed by atoms with Crippen molar-refractivity contribution in [1.82, 2.24) is 0 Å². The molecule has 2 amide bonds. The van der Waals surface area contributed by atoms with Crippen LogP contribution in [0.3, 0.4) is 0 Å². The molecular weight excluding hydrogens is 366 g/mol. The van der Waals surface area contributed by atoms with Crippen LogP contribution in [0.1, 0.15) is 22.3 Å². The van der Waals surface area contributed by atoms with Gasteiger partial charge in [0.15, 0.2) is 13.1 Å². The van der Waals surface area contributed by atoms with Crippen molar-refractivity contribution in [1.29, 1.82) is 0 Å². The second-order valence-electron chi connectivity index (χ2n) is 7.49. The second-order valence-corrected chi connectivity index (χ2v) is 7.49. The van der Waals surface area contributed by atoms with Crippen molar-refractivity contribution in [3.8, 4) is 0 Å². The average Bonchev–Trinajstić information content (AvgIpc) is 2.66. The number of ether oxygens (including phenoxy) is 1. The van der Waals surface area contributed by atoms with Crippen LogP contribution in [0.15, 0.2) is 36.4 Å². The maximum atomic E-state index is 12.6. The molecule has 0 heterocycles. The fourth-order valence-electron chi connectivity index (χ4n) is 3.05. The second kappa shape index (κ2) is 10.7. The summed E-state index contributed by atoms with van der Waals surface area (Å²) in [6.45, 7) is 9.47. The number of carbonyl (C=O) groups excluding carboxylic acids is 2. The van der Waals surface area contributed by atoms with E-state index in [9.17, 15) is 9.59 Å². The molecule has 0 aliphatic rings. The van der Waals surface area contributed by atoms with Crippen LogP contribution in [0.2, 0.25) is 0 Å². The molecule has 156 valence electrons. The molecule has 0 spiro atoms. The molecule has 6 nitrogen and oxygen atoms in total. The maximum absolute atomic E-state index is 12.6. The third-order valence-corrected chi connectivity index (χ3v) is 5.15. The Bertz CT molecular complexity index is 864. The standard InChI is InChI=1S/C23H31N3O3/c1-16-9-10-20(13-18(16)3)24-22(27)14-26(11-12-29-5)15-23(28)25-21-8-6-7-17(2)19(21)4/h6-10,13H,11-12,14-15H2,1-5H3,(H,24,27)(H,25,28)/p+1. The van der Waals surface area contributed by atoms with Gasteiger partial charge in [0.1, 0.15) is 6.54 Å². The molecule has 1 unspecified atom stereocenters. The smallest absolute Gasteiger partial charge is 0.279 e. The summed E-state index contributed by atoms with van der Waals surface area (Å²) in [5, 5.41) is 5.89. The van der Waals surface area contributed by atoms with Gasteiger partial charge in [0.05, 0.1) is 6.61 Å². The highest BCUT2D eigenvalue weighted by Crippen LogP contribution is 2.17. The zero-order valence-corrected chi connectivity index (χ0v) is 18.0. The Hall–Kier alpha value is -2.70. The molecule has 0 saturated carbocycles. The number of quaternary nitrogens is 1. The number of rotatable bonds is 9. The number of methoxy groups -OCH3 is 1. The van der Waals surface area contributed by atoms with Gasteiger partial charge in [0, 0.05) is 18.5 Å². The summed E-state index contributed by atoms with van der Waals surface area (Å²) in [4.78, 5) is 25.9. The zero-order chi connectivity index (χ0) is 21.4. The summed E-state index contributed by atoms with van der Waals surface area (Å²) in [6.07, 6.45) is 0. The molecule has 2 aromatic rings.